The first kappa shape index (κ1) is 19.4. The Balaban J connectivity index is 1.31. The maximum absolute atomic E-state index is 14.6. The summed E-state index contributed by atoms with van der Waals surface area (Å²) in [5, 5.41) is 4.53. The third kappa shape index (κ3) is 3.00. The number of aromatic nitrogens is 4. The van der Waals surface area contributed by atoms with E-state index in [1.165, 1.54) is 22.9 Å². The van der Waals surface area contributed by atoms with Crippen LogP contribution in [0.25, 0.3) is 16.8 Å². The van der Waals surface area contributed by atoms with Crippen molar-refractivity contribution in [1.29, 1.82) is 0 Å². The van der Waals surface area contributed by atoms with Gasteiger partial charge in [-0.3, -0.25) is 4.98 Å². The van der Waals surface area contributed by atoms with Crippen LogP contribution in [-0.2, 0) is 12.8 Å². The summed E-state index contributed by atoms with van der Waals surface area (Å²) < 4.78 is 16.4. The molecule has 1 aliphatic heterocycles. The van der Waals surface area contributed by atoms with Gasteiger partial charge in [0.05, 0.1) is 17.6 Å². The minimum Gasteiger partial charge on any atom is -0.355 e. The van der Waals surface area contributed by atoms with E-state index in [0.29, 0.717) is 16.7 Å². The lowest BCUT2D eigenvalue weighted by Crippen LogP contribution is -2.41. The highest BCUT2D eigenvalue weighted by atomic mass is 19.1. The number of anilines is 1. The van der Waals surface area contributed by atoms with Crippen molar-refractivity contribution in [3.8, 4) is 11.3 Å². The molecule has 4 aromatic rings. The van der Waals surface area contributed by atoms with Crippen LogP contribution in [0.1, 0.15) is 35.4 Å². The van der Waals surface area contributed by atoms with E-state index in [4.69, 9.17) is 9.97 Å². The van der Waals surface area contributed by atoms with Crippen LogP contribution in [0.15, 0.2) is 48.8 Å². The Kier molecular flexibility index (Phi) is 4.32. The predicted molar refractivity (Wildman–Crippen MR) is 123 cm³/mol. The standard InChI is InChI=1S/C26H26FN5/c1-17-13-19-14-26(15-22(19)28-16-17)8-11-31(12-9-26)25-23-7-10-29-32(23)24(18(2)30-25)20-5-3-4-6-21(20)27/h3-7,10,13,16H,8-9,11-12,14-15H2,1-2H3. The second kappa shape index (κ2) is 7.12. The van der Waals surface area contributed by atoms with Crippen LogP contribution in [0.4, 0.5) is 10.2 Å². The number of hydrogen-bond donors (Lipinski definition) is 0. The lowest BCUT2D eigenvalue weighted by molar-refractivity contribution is 0.231. The van der Waals surface area contributed by atoms with Crippen molar-refractivity contribution in [2.45, 2.75) is 39.5 Å². The Labute approximate surface area is 186 Å². The first-order valence-corrected chi connectivity index (χ1v) is 11.3. The number of halogens is 1. The molecule has 1 spiro atoms. The average Bonchev–Trinajstić information content (AvgIpc) is 3.39. The van der Waals surface area contributed by atoms with E-state index in [1.54, 1.807) is 18.3 Å². The first-order chi connectivity index (χ1) is 15.5. The van der Waals surface area contributed by atoms with Gasteiger partial charge in [-0.2, -0.15) is 5.10 Å². The summed E-state index contributed by atoms with van der Waals surface area (Å²) in [6, 6.07) is 11.1. The molecule has 1 aromatic carbocycles. The van der Waals surface area contributed by atoms with Gasteiger partial charge < -0.3 is 4.90 Å². The zero-order chi connectivity index (χ0) is 21.9. The number of piperidine rings is 1. The van der Waals surface area contributed by atoms with Crippen molar-refractivity contribution in [3.05, 3.63) is 77.1 Å². The van der Waals surface area contributed by atoms with Crippen LogP contribution >= 0.6 is 0 Å². The molecule has 0 saturated carbocycles. The minimum absolute atomic E-state index is 0.258. The lowest BCUT2D eigenvalue weighted by Gasteiger charge is -2.40. The van der Waals surface area contributed by atoms with Gasteiger partial charge in [0.25, 0.3) is 0 Å². The van der Waals surface area contributed by atoms with Gasteiger partial charge in [-0.1, -0.05) is 18.2 Å². The summed E-state index contributed by atoms with van der Waals surface area (Å²) in [5.41, 5.74) is 7.24. The highest BCUT2D eigenvalue weighted by Gasteiger charge is 2.41. The molecular formula is C26H26FN5. The maximum atomic E-state index is 14.6. The van der Waals surface area contributed by atoms with Crippen LogP contribution in [-0.4, -0.2) is 32.7 Å². The third-order valence-corrected chi connectivity index (χ3v) is 7.26. The molecule has 2 aliphatic rings. The molecule has 4 heterocycles. The SMILES string of the molecule is Cc1cnc2c(c1)CC1(CCN(c3nc(C)c(-c4ccccc4F)n4nccc34)CC1)C2. The Morgan fingerprint density at radius 1 is 1.03 bits per heavy atom. The highest BCUT2D eigenvalue weighted by molar-refractivity contribution is 5.75. The average molecular weight is 428 g/mol. The number of rotatable bonds is 2. The lowest BCUT2D eigenvalue weighted by atomic mass is 9.76. The van der Waals surface area contributed by atoms with E-state index in [2.05, 4.69) is 23.0 Å². The quantitative estimate of drug-likeness (QED) is 0.455. The first-order valence-electron chi connectivity index (χ1n) is 11.3. The highest BCUT2D eigenvalue weighted by Crippen LogP contribution is 2.45. The molecule has 1 fully saturated rings. The van der Waals surface area contributed by atoms with E-state index in [0.717, 1.165) is 55.8 Å². The molecule has 0 radical (unpaired) electrons. The Morgan fingerprint density at radius 3 is 2.66 bits per heavy atom. The number of pyridine rings is 1. The Morgan fingerprint density at radius 2 is 1.84 bits per heavy atom. The largest absolute Gasteiger partial charge is 0.355 e. The van der Waals surface area contributed by atoms with Crippen molar-refractivity contribution in [1.82, 2.24) is 19.6 Å². The second-order valence-electron chi connectivity index (χ2n) is 9.44. The summed E-state index contributed by atoms with van der Waals surface area (Å²) >= 11 is 0. The van der Waals surface area contributed by atoms with E-state index >= 15 is 0 Å². The zero-order valence-corrected chi connectivity index (χ0v) is 18.5. The van der Waals surface area contributed by atoms with Crippen molar-refractivity contribution in [2.75, 3.05) is 18.0 Å². The van der Waals surface area contributed by atoms with Crippen molar-refractivity contribution in [3.63, 3.8) is 0 Å². The molecule has 6 rings (SSSR count). The Bertz CT molecular complexity index is 1330. The molecule has 0 bridgehead atoms. The minimum atomic E-state index is -0.258. The molecule has 1 aliphatic carbocycles. The van der Waals surface area contributed by atoms with Crippen LogP contribution < -0.4 is 4.90 Å². The van der Waals surface area contributed by atoms with E-state index < -0.39 is 0 Å². The van der Waals surface area contributed by atoms with Gasteiger partial charge in [0.15, 0.2) is 5.82 Å². The molecule has 6 heteroatoms. The number of benzene rings is 1. The molecule has 0 atom stereocenters. The number of hydrogen-bond acceptors (Lipinski definition) is 4. The molecular weight excluding hydrogens is 401 g/mol. The van der Waals surface area contributed by atoms with Crippen LogP contribution in [0.3, 0.4) is 0 Å². The molecule has 0 unspecified atom stereocenters. The van der Waals surface area contributed by atoms with Crippen LogP contribution in [0.5, 0.6) is 0 Å². The molecule has 0 N–H and O–H groups in total. The summed E-state index contributed by atoms with van der Waals surface area (Å²) in [6.45, 7) is 5.98. The molecule has 0 amide bonds. The van der Waals surface area contributed by atoms with Gasteiger partial charge in [-0.25, -0.2) is 13.9 Å². The van der Waals surface area contributed by atoms with Gasteiger partial charge >= 0.3 is 0 Å². The fraction of sp³-hybridized carbons (Fsp3) is 0.346. The van der Waals surface area contributed by atoms with Gasteiger partial charge in [0, 0.05) is 30.5 Å². The van der Waals surface area contributed by atoms with Crippen LogP contribution in [0.2, 0.25) is 0 Å². The topological polar surface area (TPSA) is 46.3 Å². The molecule has 162 valence electrons. The van der Waals surface area contributed by atoms with Crippen molar-refractivity contribution >= 4 is 11.3 Å². The monoisotopic (exact) mass is 427 g/mol. The smallest absolute Gasteiger partial charge is 0.155 e. The molecule has 5 nitrogen and oxygen atoms in total. The summed E-state index contributed by atoms with van der Waals surface area (Å²) in [5.74, 6) is 0.686. The molecule has 32 heavy (non-hydrogen) atoms. The van der Waals surface area contributed by atoms with E-state index in [1.807, 2.05) is 29.8 Å². The summed E-state index contributed by atoms with van der Waals surface area (Å²) in [4.78, 5) is 12.1. The van der Waals surface area contributed by atoms with Crippen molar-refractivity contribution in [2.24, 2.45) is 5.41 Å². The summed E-state index contributed by atoms with van der Waals surface area (Å²) in [7, 11) is 0. The third-order valence-electron chi connectivity index (χ3n) is 7.26. The van der Waals surface area contributed by atoms with Crippen molar-refractivity contribution < 1.29 is 4.39 Å². The molecule has 3 aromatic heterocycles. The van der Waals surface area contributed by atoms with Gasteiger partial charge in [-0.15, -0.1) is 0 Å². The summed E-state index contributed by atoms with van der Waals surface area (Å²) in [6.07, 6.45) is 8.23. The van der Waals surface area contributed by atoms with Crippen LogP contribution in [0, 0.1) is 25.1 Å². The normalized spacial score (nSPS) is 17.3. The van der Waals surface area contributed by atoms with Gasteiger partial charge in [0.2, 0.25) is 0 Å². The fourth-order valence-electron chi connectivity index (χ4n) is 5.61. The second-order valence-corrected chi connectivity index (χ2v) is 9.44. The van der Waals surface area contributed by atoms with E-state index in [-0.39, 0.29) is 5.82 Å². The predicted octanol–water partition coefficient (Wildman–Crippen LogP) is 4.93. The number of fused-ring (bicyclic) bond motifs is 2. The number of aryl methyl sites for hydroxylation is 2. The molecule has 1 saturated heterocycles. The van der Waals surface area contributed by atoms with E-state index in [9.17, 15) is 4.39 Å². The number of nitrogens with zero attached hydrogens (tertiary/aromatic N) is 5. The van der Waals surface area contributed by atoms with Gasteiger partial charge in [-0.05, 0) is 74.3 Å². The fourth-order valence-corrected chi connectivity index (χ4v) is 5.61. The zero-order valence-electron chi connectivity index (χ0n) is 18.5. The maximum Gasteiger partial charge on any atom is 0.155 e. The Hall–Kier alpha value is -3.28. The van der Waals surface area contributed by atoms with Gasteiger partial charge in [0.1, 0.15) is 11.3 Å².